The van der Waals surface area contributed by atoms with Gasteiger partial charge >= 0.3 is 0 Å². The number of fused-ring (bicyclic) bond motifs is 1. The van der Waals surface area contributed by atoms with E-state index < -0.39 is 0 Å². The standard InChI is InChI=1S/C14H20N2/c1-11-14-10-16(9-13(14)7-15-11)8-12-5-3-2-4-6-12/h2-6,11,13-15H,7-10H2,1H3/t11?,13-,14+/m1/s1. The van der Waals surface area contributed by atoms with E-state index in [1.807, 2.05) is 0 Å². The van der Waals surface area contributed by atoms with Crippen LogP contribution in [0, 0.1) is 11.8 Å². The molecule has 0 radical (unpaired) electrons. The fourth-order valence-corrected chi connectivity index (χ4v) is 3.23. The van der Waals surface area contributed by atoms with Crippen molar-refractivity contribution in [3.63, 3.8) is 0 Å². The lowest BCUT2D eigenvalue weighted by molar-refractivity contribution is 0.296. The van der Waals surface area contributed by atoms with Crippen molar-refractivity contribution in [3.05, 3.63) is 35.9 Å². The topological polar surface area (TPSA) is 15.3 Å². The first-order valence-electron chi connectivity index (χ1n) is 6.32. The van der Waals surface area contributed by atoms with Gasteiger partial charge in [0.15, 0.2) is 0 Å². The van der Waals surface area contributed by atoms with E-state index in [4.69, 9.17) is 0 Å². The third-order valence-corrected chi connectivity index (χ3v) is 4.16. The average molecular weight is 216 g/mol. The van der Waals surface area contributed by atoms with Crippen molar-refractivity contribution in [2.45, 2.75) is 19.5 Å². The summed E-state index contributed by atoms with van der Waals surface area (Å²) in [5, 5.41) is 3.58. The molecule has 0 amide bonds. The average Bonchev–Trinajstić information content (AvgIpc) is 2.83. The summed E-state index contributed by atoms with van der Waals surface area (Å²) in [7, 11) is 0. The van der Waals surface area contributed by atoms with Crippen LogP contribution in [-0.4, -0.2) is 30.6 Å². The van der Waals surface area contributed by atoms with Crippen LogP contribution in [0.3, 0.4) is 0 Å². The molecule has 2 heteroatoms. The molecule has 3 rings (SSSR count). The molecule has 2 fully saturated rings. The van der Waals surface area contributed by atoms with Crippen molar-refractivity contribution in [2.24, 2.45) is 11.8 Å². The maximum absolute atomic E-state index is 3.58. The van der Waals surface area contributed by atoms with Crippen molar-refractivity contribution < 1.29 is 0 Å². The van der Waals surface area contributed by atoms with E-state index in [9.17, 15) is 0 Å². The molecule has 1 unspecified atom stereocenters. The molecule has 0 aromatic heterocycles. The highest BCUT2D eigenvalue weighted by atomic mass is 15.2. The number of benzene rings is 1. The number of rotatable bonds is 2. The minimum Gasteiger partial charge on any atom is -0.314 e. The maximum atomic E-state index is 3.58. The molecule has 2 saturated heterocycles. The predicted molar refractivity (Wildman–Crippen MR) is 66.2 cm³/mol. The Kier molecular flexibility index (Phi) is 2.70. The summed E-state index contributed by atoms with van der Waals surface area (Å²) in [4.78, 5) is 2.61. The molecule has 2 heterocycles. The second-order valence-electron chi connectivity index (χ2n) is 5.30. The summed E-state index contributed by atoms with van der Waals surface area (Å²) >= 11 is 0. The number of hydrogen-bond acceptors (Lipinski definition) is 2. The largest absolute Gasteiger partial charge is 0.314 e. The number of nitrogens with one attached hydrogen (secondary N) is 1. The molecular formula is C14H20N2. The third kappa shape index (κ3) is 1.87. The molecule has 1 aromatic carbocycles. The van der Waals surface area contributed by atoms with Crippen LogP contribution in [-0.2, 0) is 6.54 Å². The van der Waals surface area contributed by atoms with E-state index in [0.717, 1.165) is 18.4 Å². The van der Waals surface area contributed by atoms with Gasteiger partial charge in [-0.15, -0.1) is 0 Å². The summed E-state index contributed by atoms with van der Waals surface area (Å²) in [6.07, 6.45) is 0. The molecule has 1 N–H and O–H groups in total. The summed E-state index contributed by atoms with van der Waals surface area (Å²) in [6, 6.07) is 11.5. The van der Waals surface area contributed by atoms with E-state index in [1.54, 1.807) is 0 Å². The predicted octanol–water partition coefficient (Wildman–Crippen LogP) is 1.73. The Bertz CT molecular complexity index is 349. The van der Waals surface area contributed by atoms with Gasteiger partial charge in [0, 0.05) is 25.7 Å². The number of likely N-dealkylation sites (tertiary alicyclic amines) is 1. The maximum Gasteiger partial charge on any atom is 0.0233 e. The first-order valence-corrected chi connectivity index (χ1v) is 6.32. The minimum absolute atomic E-state index is 0.714. The van der Waals surface area contributed by atoms with Gasteiger partial charge in [0.05, 0.1) is 0 Å². The van der Waals surface area contributed by atoms with Crippen molar-refractivity contribution >= 4 is 0 Å². The fraction of sp³-hybridized carbons (Fsp3) is 0.571. The Labute approximate surface area is 97.6 Å². The molecule has 2 nitrogen and oxygen atoms in total. The zero-order valence-corrected chi connectivity index (χ0v) is 9.89. The van der Waals surface area contributed by atoms with Crippen LogP contribution in [0.5, 0.6) is 0 Å². The van der Waals surface area contributed by atoms with Crippen LogP contribution >= 0.6 is 0 Å². The molecule has 86 valence electrons. The molecule has 3 atom stereocenters. The summed E-state index contributed by atoms with van der Waals surface area (Å²) in [5.41, 5.74) is 1.45. The van der Waals surface area contributed by atoms with E-state index in [2.05, 4.69) is 47.5 Å². The highest BCUT2D eigenvalue weighted by Gasteiger charge is 2.40. The quantitative estimate of drug-likeness (QED) is 0.810. The van der Waals surface area contributed by atoms with Gasteiger partial charge < -0.3 is 5.32 Å². The van der Waals surface area contributed by atoms with Gasteiger partial charge in [-0.25, -0.2) is 0 Å². The Morgan fingerprint density at radius 1 is 1.25 bits per heavy atom. The van der Waals surface area contributed by atoms with Crippen LogP contribution in [0.25, 0.3) is 0 Å². The molecule has 2 aliphatic rings. The van der Waals surface area contributed by atoms with E-state index in [1.165, 1.54) is 25.2 Å². The zero-order chi connectivity index (χ0) is 11.0. The fourth-order valence-electron chi connectivity index (χ4n) is 3.23. The van der Waals surface area contributed by atoms with Gasteiger partial charge in [-0.2, -0.15) is 0 Å². The van der Waals surface area contributed by atoms with Gasteiger partial charge in [-0.1, -0.05) is 30.3 Å². The summed E-state index contributed by atoms with van der Waals surface area (Å²) in [6.45, 7) is 7.22. The lowest BCUT2D eigenvalue weighted by Gasteiger charge is -2.18. The highest BCUT2D eigenvalue weighted by molar-refractivity contribution is 5.15. The smallest absolute Gasteiger partial charge is 0.0233 e. The van der Waals surface area contributed by atoms with Crippen LogP contribution in [0.4, 0.5) is 0 Å². The molecule has 0 spiro atoms. The van der Waals surface area contributed by atoms with Gasteiger partial charge in [-0.05, 0) is 30.9 Å². The molecule has 16 heavy (non-hydrogen) atoms. The minimum atomic E-state index is 0.714. The number of nitrogens with zero attached hydrogens (tertiary/aromatic N) is 1. The summed E-state index contributed by atoms with van der Waals surface area (Å²) < 4.78 is 0. The second-order valence-corrected chi connectivity index (χ2v) is 5.30. The highest BCUT2D eigenvalue weighted by Crippen LogP contribution is 2.31. The Morgan fingerprint density at radius 3 is 2.81 bits per heavy atom. The van der Waals surface area contributed by atoms with Gasteiger partial charge in [-0.3, -0.25) is 4.90 Å². The SMILES string of the molecule is CC1NC[C@@H]2CN(Cc3ccccc3)C[C@@H]12. The van der Waals surface area contributed by atoms with Crippen LogP contribution in [0.1, 0.15) is 12.5 Å². The lowest BCUT2D eigenvalue weighted by atomic mass is 9.95. The summed E-state index contributed by atoms with van der Waals surface area (Å²) in [5.74, 6) is 1.77. The Hall–Kier alpha value is -0.860. The molecule has 2 aliphatic heterocycles. The van der Waals surface area contributed by atoms with Crippen molar-refractivity contribution in [1.82, 2.24) is 10.2 Å². The van der Waals surface area contributed by atoms with Crippen molar-refractivity contribution in [1.29, 1.82) is 0 Å². The molecule has 0 bridgehead atoms. The van der Waals surface area contributed by atoms with E-state index >= 15 is 0 Å². The van der Waals surface area contributed by atoms with E-state index in [-0.39, 0.29) is 0 Å². The van der Waals surface area contributed by atoms with Gasteiger partial charge in [0.25, 0.3) is 0 Å². The first-order chi connectivity index (χ1) is 7.83. The van der Waals surface area contributed by atoms with Crippen molar-refractivity contribution in [2.75, 3.05) is 19.6 Å². The van der Waals surface area contributed by atoms with Crippen LogP contribution in [0.15, 0.2) is 30.3 Å². The molecule has 1 aromatic rings. The molecule has 0 aliphatic carbocycles. The molecular weight excluding hydrogens is 196 g/mol. The normalized spacial score (nSPS) is 34.2. The van der Waals surface area contributed by atoms with Gasteiger partial charge in [0.1, 0.15) is 0 Å². The number of hydrogen-bond donors (Lipinski definition) is 1. The second kappa shape index (κ2) is 4.19. The Morgan fingerprint density at radius 2 is 2.06 bits per heavy atom. The molecule has 0 saturated carbocycles. The monoisotopic (exact) mass is 216 g/mol. The van der Waals surface area contributed by atoms with Crippen LogP contribution in [0.2, 0.25) is 0 Å². The van der Waals surface area contributed by atoms with Crippen LogP contribution < -0.4 is 5.32 Å². The lowest BCUT2D eigenvalue weighted by Crippen LogP contribution is -2.30. The Balaban J connectivity index is 1.63. The third-order valence-electron chi connectivity index (χ3n) is 4.16. The zero-order valence-electron chi connectivity index (χ0n) is 9.89. The van der Waals surface area contributed by atoms with E-state index in [0.29, 0.717) is 6.04 Å². The first kappa shape index (κ1) is 10.3. The van der Waals surface area contributed by atoms with Crippen molar-refractivity contribution in [3.8, 4) is 0 Å². The van der Waals surface area contributed by atoms with Gasteiger partial charge in [0.2, 0.25) is 0 Å².